The average Bonchev–Trinajstić information content (AvgIpc) is 3.03. The Morgan fingerprint density at radius 2 is 1.65 bits per heavy atom. The number of imide groups is 1. The van der Waals surface area contributed by atoms with Gasteiger partial charge < -0.3 is 9.47 Å². The third kappa shape index (κ3) is 3.85. The highest BCUT2D eigenvalue weighted by molar-refractivity contribution is 7.89. The predicted molar refractivity (Wildman–Crippen MR) is 108 cm³/mol. The van der Waals surface area contributed by atoms with E-state index in [1.54, 1.807) is 19.1 Å². The van der Waals surface area contributed by atoms with Crippen molar-refractivity contribution in [3.8, 4) is 0 Å². The van der Waals surface area contributed by atoms with Crippen LogP contribution in [0, 0.1) is 6.92 Å². The molecule has 0 aliphatic carbocycles. The number of rotatable bonds is 5. The molecule has 2 amide bonds. The van der Waals surface area contributed by atoms with Crippen LogP contribution in [0.4, 0.5) is 0 Å². The molecule has 2 aliphatic heterocycles. The predicted octanol–water partition coefficient (Wildman–Crippen LogP) is 1.43. The van der Waals surface area contributed by atoms with E-state index in [1.807, 2.05) is 0 Å². The lowest BCUT2D eigenvalue weighted by atomic mass is 10.1. The first-order valence-corrected chi connectivity index (χ1v) is 11.1. The molecule has 31 heavy (non-hydrogen) atoms. The Balaban J connectivity index is 1.51. The Labute approximate surface area is 179 Å². The van der Waals surface area contributed by atoms with Crippen LogP contribution in [0.3, 0.4) is 0 Å². The van der Waals surface area contributed by atoms with Crippen LogP contribution < -0.4 is 0 Å². The van der Waals surface area contributed by atoms with E-state index < -0.39 is 34.5 Å². The van der Waals surface area contributed by atoms with Gasteiger partial charge in [-0.15, -0.1) is 0 Å². The number of hydrogen-bond acceptors (Lipinski definition) is 7. The molecule has 9 nitrogen and oxygen atoms in total. The second-order valence-corrected chi connectivity index (χ2v) is 9.08. The fourth-order valence-electron chi connectivity index (χ4n) is 3.47. The summed E-state index contributed by atoms with van der Waals surface area (Å²) in [5.41, 5.74) is 1.05. The number of esters is 1. The summed E-state index contributed by atoms with van der Waals surface area (Å²) in [6, 6.07) is 10.5. The van der Waals surface area contributed by atoms with Gasteiger partial charge in [0.25, 0.3) is 11.8 Å². The smallest absolute Gasteiger partial charge is 0.340 e. The molecule has 1 fully saturated rings. The average molecular weight is 444 g/mol. The molecule has 4 rings (SSSR count). The van der Waals surface area contributed by atoms with Crippen LogP contribution in [-0.2, 0) is 19.5 Å². The van der Waals surface area contributed by atoms with Gasteiger partial charge >= 0.3 is 5.97 Å². The number of aryl methyl sites for hydroxylation is 1. The summed E-state index contributed by atoms with van der Waals surface area (Å²) in [5, 5.41) is 0. The van der Waals surface area contributed by atoms with E-state index in [0.29, 0.717) is 18.8 Å². The van der Waals surface area contributed by atoms with Crippen LogP contribution in [0.2, 0.25) is 0 Å². The molecule has 162 valence electrons. The maximum absolute atomic E-state index is 12.9. The van der Waals surface area contributed by atoms with Crippen molar-refractivity contribution in [2.45, 2.75) is 11.8 Å². The third-order valence-corrected chi connectivity index (χ3v) is 7.13. The van der Waals surface area contributed by atoms with Crippen molar-refractivity contribution < 1.29 is 32.3 Å². The molecule has 2 aromatic rings. The zero-order valence-corrected chi connectivity index (χ0v) is 17.6. The van der Waals surface area contributed by atoms with Crippen molar-refractivity contribution >= 4 is 27.8 Å². The number of benzene rings is 2. The van der Waals surface area contributed by atoms with Gasteiger partial charge in [-0.05, 0) is 36.8 Å². The minimum Gasteiger partial charge on any atom is -0.440 e. The first kappa shape index (κ1) is 21.2. The molecule has 2 aliphatic rings. The van der Waals surface area contributed by atoms with Crippen molar-refractivity contribution in [1.29, 1.82) is 0 Å². The van der Waals surface area contributed by atoms with Crippen molar-refractivity contribution in [2.75, 3.05) is 33.0 Å². The van der Waals surface area contributed by atoms with E-state index in [-0.39, 0.29) is 34.7 Å². The van der Waals surface area contributed by atoms with Crippen molar-refractivity contribution in [3.63, 3.8) is 0 Å². The summed E-state index contributed by atoms with van der Waals surface area (Å²) in [5.74, 6) is -1.92. The molecule has 0 N–H and O–H groups in total. The molecule has 0 radical (unpaired) electrons. The van der Waals surface area contributed by atoms with Crippen molar-refractivity contribution in [1.82, 2.24) is 9.21 Å². The zero-order valence-electron chi connectivity index (χ0n) is 16.7. The van der Waals surface area contributed by atoms with Crippen molar-refractivity contribution in [2.24, 2.45) is 0 Å². The minimum absolute atomic E-state index is 0.0346. The van der Waals surface area contributed by atoms with E-state index in [4.69, 9.17) is 9.47 Å². The molecule has 1 saturated heterocycles. The molecule has 0 atom stereocenters. The van der Waals surface area contributed by atoms with Gasteiger partial charge in [-0.1, -0.05) is 18.2 Å². The second kappa shape index (κ2) is 8.22. The van der Waals surface area contributed by atoms with E-state index in [2.05, 4.69) is 0 Å². The Bertz CT molecular complexity index is 1140. The van der Waals surface area contributed by atoms with Crippen LogP contribution in [-0.4, -0.2) is 68.4 Å². The number of morpholine rings is 1. The Morgan fingerprint density at radius 3 is 2.26 bits per heavy atom. The maximum atomic E-state index is 12.9. The summed E-state index contributed by atoms with van der Waals surface area (Å²) < 4.78 is 37.4. The number of carbonyl (C=O) groups is 3. The number of carbonyl (C=O) groups excluding carboxylic acids is 3. The fraction of sp³-hybridized carbons (Fsp3) is 0.286. The SMILES string of the molecule is Cc1ccc(S(=O)(=O)N2CCOCC2)cc1C(=O)OCN1C(=O)c2ccccc2C1=O. The highest BCUT2D eigenvalue weighted by Gasteiger charge is 2.36. The first-order valence-electron chi connectivity index (χ1n) is 9.61. The van der Waals surface area contributed by atoms with E-state index in [0.717, 1.165) is 4.90 Å². The number of hydrogen-bond donors (Lipinski definition) is 0. The van der Waals surface area contributed by atoms with Gasteiger partial charge in [-0.2, -0.15) is 4.31 Å². The van der Waals surface area contributed by atoms with Gasteiger partial charge in [0.15, 0.2) is 6.73 Å². The zero-order chi connectivity index (χ0) is 22.2. The fourth-order valence-corrected chi connectivity index (χ4v) is 4.91. The second-order valence-electron chi connectivity index (χ2n) is 7.14. The summed E-state index contributed by atoms with van der Waals surface area (Å²) in [6.07, 6.45) is 0. The Morgan fingerprint density at radius 1 is 1.03 bits per heavy atom. The van der Waals surface area contributed by atoms with Crippen molar-refractivity contribution in [3.05, 3.63) is 64.7 Å². The lowest BCUT2D eigenvalue weighted by Crippen LogP contribution is -2.40. The lowest BCUT2D eigenvalue weighted by Gasteiger charge is -2.26. The summed E-state index contributed by atoms with van der Waals surface area (Å²) in [7, 11) is -3.79. The first-order chi connectivity index (χ1) is 14.8. The van der Waals surface area contributed by atoms with E-state index in [9.17, 15) is 22.8 Å². The lowest BCUT2D eigenvalue weighted by molar-refractivity contribution is 0.0227. The van der Waals surface area contributed by atoms with Crippen LogP contribution in [0.15, 0.2) is 47.4 Å². The van der Waals surface area contributed by atoms with E-state index in [1.165, 1.54) is 34.6 Å². The molecule has 0 bridgehead atoms. The normalized spacial score (nSPS) is 17.0. The molecule has 0 aromatic heterocycles. The highest BCUT2D eigenvalue weighted by Crippen LogP contribution is 2.24. The number of fused-ring (bicyclic) bond motifs is 1. The molecule has 0 unspecified atom stereocenters. The molecule has 0 saturated carbocycles. The number of amides is 2. The Hall–Kier alpha value is -3.08. The van der Waals surface area contributed by atoms with Crippen LogP contribution >= 0.6 is 0 Å². The molecule has 0 spiro atoms. The van der Waals surface area contributed by atoms with E-state index >= 15 is 0 Å². The van der Waals surface area contributed by atoms with Gasteiger partial charge in [0, 0.05) is 13.1 Å². The van der Waals surface area contributed by atoms with Crippen LogP contribution in [0.25, 0.3) is 0 Å². The molecular formula is C21H20N2O7S. The number of nitrogens with zero attached hydrogens (tertiary/aromatic N) is 2. The molecule has 2 heterocycles. The quantitative estimate of drug-likeness (QED) is 0.507. The monoisotopic (exact) mass is 444 g/mol. The molecule has 2 aromatic carbocycles. The number of sulfonamides is 1. The van der Waals surface area contributed by atoms with Crippen LogP contribution in [0.1, 0.15) is 36.6 Å². The highest BCUT2D eigenvalue weighted by atomic mass is 32.2. The largest absolute Gasteiger partial charge is 0.440 e. The van der Waals surface area contributed by atoms with Gasteiger partial charge in [0.1, 0.15) is 0 Å². The standard InChI is InChI=1S/C21H20N2O7S/c1-14-6-7-15(31(27,28)22-8-10-29-11-9-22)12-18(14)21(26)30-13-23-19(24)16-4-2-3-5-17(16)20(23)25/h2-7,12H,8-11,13H2,1H3. The summed E-state index contributed by atoms with van der Waals surface area (Å²) in [4.78, 5) is 38.3. The molecule has 10 heteroatoms. The van der Waals surface area contributed by atoms with Gasteiger partial charge in [0.05, 0.1) is 34.8 Å². The molecular weight excluding hydrogens is 424 g/mol. The summed E-state index contributed by atoms with van der Waals surface area (Å²) in [6.45, 7) is 2.15. The maximum Gasteiger partial charge on any atom is 0.340 e. The van der Waals surface area contributed by atoms with Gasteiger partial charge in [-0.3, -0.25) is 9.59 Å². The Kier molecular flexibility index (Phi) is 5.61. The third-order valence-electron chi connectivity index (χ3n) is 5.24. The van der Waals surface area contributed by atoms with Gasteiger partial charge in [0.2, 0.25) is 10.0 Å². The van der Waals surface area contributed by atoms with Crippen LogP contribution in [0.5, 0.6) is 0 Å². The minimum atomic E-state index is -3.79. The van der Waals surface area contributed by atoms with Gasteiger partial charge in [-0.25, -0.2) is 18.1 Å². The number of ether oxygens (including phenoxy) is 2. The topological polar surface area (TPSA) is 110 Å². The summed E-state index contributed by atoms with van der Waals surface area (Å²) >= 11 is 0.